The lowest BCUT2D eigenvalue weighted by atomic mass is 10.0. The molecule has 2 rings (SSSR count). The van der Waals surface area contributed by atoms with Crippen LogP contribution in [0.5, 0.6) is 5.75 Å². The molecule has 0 spiro atoms. The van der Waals surface area contributed by atoms with Crippen LogP contribution in [0.4, 0.5) is 0 Å². The van der Waals surface area contributed by atoms with Gasteiger partial charge in [-0.1, -0.05) is 25.5 Å². The number of ether oxygens (including phenoxy) is 1. The van der Waals surface area contributed by atoms with Crippen molar-refractivity contribution in [3.05, 3.63) is 59.4 Å². The first kappa shape index (κ1) is 17.5. The standard InChI is InChI=1S/C20H27NO2/c1-2-3-9-19-14-18(10-11-20(19)22)16-23-13-5-4-7-17-8-6-12-21-15-17/h6,8,10-12,14-15,22H,2-5,7,9,13,16H2,1H3. The number of phenols is 1. The quantitative estimate of drug-likeness (QED) is 0.648. The van der Waals surface area contributed by atoms with Gasteiger partial charge in [-0.3, -0.25) is 4.98 Å². The summed E-state index contributed by atoms with van der Waals surface area (Å²) in [6.45, 7) is 3.55. The second-order valence-electron chi connectivity index (χ2n) is 5.94. The first-order chi connectivity index (χ1) is 11.3. The van der Waals surface area contributed by atoms with Crippen LogP contribution in [0.2, 0.25) is 0 Å². The van der Waals surface area contributed by atoms with Crippen molar-refractivity contribution in [2.75, 3.05) is 6.61 Å². The highest BCUT2D eigenvalue weighted by Crippen LogP contribution is 2.21. The zero-order chi connectivity index (χ0) is 16.3. The van der Waals surface area contributed by atoms with Gasteiger partial charge in [0.1, 0.15) is 5.75 Å². The maximum atomic E-state index is 9.87. The van der Waals surface area contributed by atoms with Gasteiger partial charge in [-0.2, -0.15) is 0 Å². The lowest BCUT2D eigenvalue weighted by molar-refractivity contribution is 0.117. The number of nitrogens with zero attached hydrogens (tertiary/aromatic N) is 1. The number of hydrogen-bond donors (Lipinski definition) is 1. The van der Waals surface area contributed by atoms with Crippen molar-refractivity contribution in [2.24, 2.45) is 0 Å². The molecule has 0 saturated carbocycles. The molecular weight excluding hydrogens is 286 g/mol. The molecule has 3 nitrogen and oxygen atoms in total. The summed E-state index contributed by atoms with van der Waals surface area (Å²) in [6.07, 6.45) is 10.1. The molecule has 0 unspecified atom stereocenters. The van der Waals surface area contributed by atoms with Crippen molar-refractivity contribution in [1.82, 2.24) is 4.98 Å². The maximum absolute atomic E-state index is 9.87. The van der Waals surface area contributed by atoms with Crippen LogP contribution in [0.1, 0.15) is 49.3 Å². The number of aryl methyl sites for hydroxylation is 2. The van der Waals surface area contributed by atoms with Gasteiger partial charge in [0.2, 0.25) is 0 Å². The molecule has 124 valence electrons. The van der Waals surface area contributed by atoms with Crippen LogP contribution >= 0.6 is 0 Å². The SMILES string of the molecule is CCCCc1cc(COCCCCc2cccnc2)ccc1O. The largest absolute Gasteiger partial charge is 0.508 e. The van der Waals surface area contributed by atoms with Crippen LogP contribution in [0.25, 0.3) is 0 Å². The third kappa shape index (κ3) is 6.41. The monoisotopic (exact) mass is 313 g/mol. The molecule has 1 aromatic heterocycles. The van der Waals surface area contributed by atoms with E-state index in [4.69, 9.17) is 4.74 Å². The van der Waals surface area contributed by atoms with Gasteiger partial charge in [0.05, 0.1) is 6.61 Å². The summed E-state index contributed by atoms with van der Waals surface area (Å²) in [5.41, 5.74) is 3.46. The Hall–Kier alpha value is -1.87. The fraction of sp³-hybridized carbons (Fsp3) is 0.450. The van der Waals surface area contributed by atoms with Gasteiger partial charge in [-0.25, -0.2) is 0 Å². The summed E-state index contributed by atoms with van der Waals surface area (Å²) in [5.74, 6) is 0.402. The molecule has 0 aliphatic carbocycles. The molecule has 1 heterocycles. The summed E-state index contributed by atoms with van der Waals surface area (Å²) in [4.78, 5) is 4.12. The van der Waals surface area contributed by atoms with Crippen molar-refractivity contribution in [3.63, 3.8) is 0 Å². The number of pyridine rings is 1. The lowest BCUT2D eigenvalue weighted by Crippen LogP contribution is -1.98. The third-order valence-corrected chi connectivity index (χ3v) is 3.94. The lowest BCUT2D eigenvalue weighted by Gasteiger charge is -2.08. The van der Waals surface area contributed by atoms with Crippen LogP contribution in [0.15, 0.2) is 42.7 Å². The van der Waals surface area contributed by atoms with E-state index in [2.05, 4.69) is 24.0 Å². The van der Waals surface area contributed by atoms with Crippen molar-refractivity contribution in [3.8, 4) is 5.75 Å². The van der Waals surface area contributed by atoms with E-state index >= 15 is 0 Å². The van der Waals surface area contributed by atoms with Crippen molar-refractivity contribution in [1.29, 1.82) is 0 Å². The number of aromatic nitrogens is 1. The molecule has 23 heavy (non-hydrogen) atoms. The Labute approximate surface area is 139 Å². The van der Waals surface area contributed by atoms with E-state index in [1.165, 1.54) is 5.56 Å². The van der Waals surface area contributed by atoms with Gasteiger partial charge in [0, 0.05) is 19.0 Å². The Balaban J connectivity index is 1.66. The fourth-order valence-electron chi connectivity index (χ4n) is 2.57. The number of phenolic OH excluding ortho intramolecular Hbond substituents is 1. The number of rotatable bonds is 10. The second-order valence-corrected chi connectivity index (χ2v) is 5.94. The van der Waals surface area contributed by atoms with Crippen LogP contribution in [-0.2, 0) is 24.2 Å². The Morgan fingerprint density at radius 3 is 2.74 bits per heavy atom. The van der Waals surface area contributed by atoms with Crippen molar-refractivity contribution >= 4 is 0 Å². The molecule has 1 N–H and O–H groups in total. The summed E-state index contributed by atoms with van der Waals surface area (Å²) in [5, 5.41) is 9.87. The van der Waals surface area contributed by atoms with Crippen LogP contribution in [-0.4, -0.2) is 16.7 Å². The summed E-state index contributed by atoms with van der Waals surface area (Å²) in [6, 6.07) is 9.89. The van der Waals surface area contributed by atoms with E-state index < -0.39 is 0 Å². The van der Waals surface area contributed by atoms with E-state index in [-0.39, 0.29) is 0 Å². The maximum Gasteiger partial charge on any atom is 0.118 e. The molecular formula is C20H27NO2. The third-order valence-electron chi connectivity index (χ3n) is 3.94. The normalized spacial score (nSPS) is 10.8. The molecule has 0 aliphatic heterocycles. The highest BCUT2D eigenvalue weighted by atomic mass is 16.5. The number of hydrogen-bond acceptors (Lipinski definition) is 3. The van der Waals surface area contributed by atoms with Crippen LogP contribution in [0, 0.1) is 0 Å². The molecule has 0 aliphatic rings. The molecule has 0 amide bonds. The zero-order valence-electron chi connectivity index (χ0n) is 14.0. The summed E-state index contributed by atoms with van der Waals surface area (Å²) >= 11 is 0. The molecule has 0 bridgehead atoms. The van der Waals surface area contributed by atoms with Gasteiger partial charge in [-0.05, 0) is 67.0 Å². The fourth-order valence-corrected chi connectivity index (χ4v) is 2.57. The number of unbranched alkanes of at least 4 members (excludes halogenated alkanes) is 2. The van der Waals surface area contributed by atoms with Crippen LogP contribution in [0.3, 0.4) is 0 Å². The van der Waals surface area contributed by atoms with Gasteiger partial charge in [-0.15, -0.1) is 0 Å². The van der Waals surface area contributed by atoms with E-state index in [1.54, 1.807) is 12.3 Å². The molecule has 3 heteroatoms. The van der Waals surface area contributed by atoms with Crippen LogP contribution < -0.4 is 0 Å². The average molecular weight is 313 g/mol. The van der Waals surface area contributed by atoms with Gasteiger partial charge < -0.3 is 9.84 Å². The van der Waals surface area contributed by atoms with Gasteiger partial charge in [0.25, 0.3) is 0 Å². The smallest absolute Gasteiger partial charge is 0.118 e. The molecule has 0 saturated heterocycles. The Morgan fingerprint density at radius 1 is 1.04 bits per heavy atom. The Kier molecular flexibility index (Phi) is 7.61. The first-order valence-electron chi connectivity index (χ1n) is 8.57. The summed E-state index contributed by atoms with van der Waals surface area (Å²) < 4.78 is 5.76. The molecule has 1 aromatic carbocycles. The van der Waals surface area contributed by atoms with E-state index in [1.807, 2.05) is 18.3 Å². The van der Waals surface area contributed by atoms with Gasteiger partial charge in [0.15, 0.2) is 0 Å². The van der Waals surface area contributed by atoms with E-state index in [9.17, 15) is 5.11 Å². The zero-order valence-corrected chi connectivity index (χ0v) is 14.0. The number of benzene rings is 1. The second kappa shape index (κ2) is 10.0. The highest BCUT2D eigenvalue weighted by Gasteiger charge is 2.03. The van der Waals surface area contributed by atoms with Crippen molar-refractivity contribution < 1.29 is 9.84 Å². The minimum absolute atomic E-state index is 0.402. The minimum Gasteiger partial charge on any atom is -0.508 e. The van der Waals surface area contributed by atoms with E-state index in [0.717, 1.165) is 56.3 Å². The van der Waals surface area contributed by atoms with Crippen molar-refractivity contribution in [2.45, 2.75) is 52.1 Å². The average Bonchev–Trinajstić information content (AvgIpc) is 2.59. The van der Waals surface area contributed by atoms with Gasteiger partial charge >= 0.3 is 0 Å². The molecule has 2 aromatic rings. The van der Waals surface area contributed by atoms with E-state index in [0.29, 0.717) is 12.4 Å². The predicted molar refractivity (Wildman–Crippen MR) is 93.5 cm³/mol. The highest BCUT2D eigenvalue weighted by molar-refractivity contribution is 5.36. The molecule has 0 radical (unpaired) electrons. The Morgan fingerprint density at radius 2 is 1.96 bits per heavy atom. The minimum atomic E-state index is 0.402. The Bertz CT molecular complexity index is 569. The first-order valence-corrected chi connectivity index (χ1v) is 8.57. The predicted octanol–water partition coefficient (Wildman–Crippen LogP) is 4.67. The summed E-state index contributed by atoms with van der Waals surface area (Å²) in [7, 11) is 0. The molecule has 0 fully saturated rings. The number of aromatic hydroxyl groups is 1. The molecule has 0 atom stereocenters. The topological polar surface area (TPSA) is 42.4 Å².